The van der Waals surface area contributed by atoms with Crippen LogP contribution in [-0.4, -0.2) is 99.8 Å². The summed E-state index contributed by atoms with van der Waals surface area (Å²) in [4.78, 5) is 62.6. The number of piperidine rings is 1. The highest BCUT2D eigenvalue weighted by atomic mass is 35.5. The van der Waals surface area contributed by atoms with Gasteiger partial charge in [-0.1, -0.05) is 6.07 Å². The maximum Gasteiger partial charge on any atom is 0.266 e. The van der Waals surface area contributed by atoms with Crippen LogP contribution in [0.2, 0.25) is 0 Å². The molecule has 0 spiro atoms. The summed E-state index contributed by atoms with van der Waals surface area (Å²) in [6.07, 6.45) is 1.49. The quantitative estimate of drug-likeness (QED) is 0.168. The van der Waals surface area contributed by atoms with Gasteiger partial charge in [0, 0.05) is 26.2 Å². The summed E-state index contributed by atoms with van der Waals surface area (Å²) in [7, 11) is 0. The van der Waals surface area contributed by atoms with E-state index in [0.717, 1.165) is 11.3 Å². The van der Waals surface area contributed by atoms with Crippen LogP contribution in [-0.2, 0) is 28.6 Å². The standard InChI is InChI=1S/C25H34N4O9.ClH/c26-8-2-10-35-12-14-37-15-13-36-11-3-9-27-21(31)16-38-19-5-1-4-17-22(19)25(34)29(24(17)33)18-6-7-20(30)28-23(18)32;/h1,4-5,18H,2-3,6-16,26H2,(H,27,31)(H,28,30,32);1H. The third kappa shape index (κ3) is 9.25. The van der Waals surface area contributed by atoms with Crippen molar-refractivity contribution >= 4 is 41.9 Å². The third-order valence-corrected chi connectivity index (χ3v) is 5.81. The first-order chi connectivity index (χ1) is 18.4. The van der Waals surface area contributed by atoms with Crippen LogP contribution >= 0.6 is 12.4 Å². The minimum Gasteiger partial charge on any atom is -0.483 e. The molecule has 1 unspecified atom stereocenters. The lowest BCUT2D eigenvalue weighted by atomic mass is 10.0. The van der Waals surface area contributed by atoms with Crippen molar-refractivity contribution in [3.05, 3.63) is 29.3 Å². The summed E-state index contributed by atoms with van der Waals surface area (Å²) in [5, 5.41) is 4.85. The smallest absolute Gasteiger partial charge is 0.266 e. The number of nitrogens with two attached hydrogens (primary N) is 1. The highest BCUT2D eigenvalue weighted by molar-refractivity contribution is 6.24. The molecule has 0 saturated carbocycles. The molecule has 1 atom stereocenters. The molecule has 1 aromatic carbocycles. The molecule has 13 nitrogen and oxygen atoms in total. The van der Waals surface area contributed by atoms with Gasteiger partial charge in [-0.25, -0.2) is 0 Å². The van der Waals surface area contributed by atoms with E-state index in [9.17, 15) is 24.0 Å². The van der Waals surface area contributed by atoms with Crippen LogP contribution in [0.25, 0.3) is 0 Å². The fourth-order valence-electron chi connectivity index (χ4n) is 3.93. The topological polar surface area (TPSA) is 176 Å². The number of fused-ring (bicyclic) bond motifs is 1. The molecule has 3 rings (SSSR count). The van der Waals surface area contributed by atoms with Gasteiger partial charge in [0.15, 0.2) is 6.61 Å². The van der Waals surface area contributed by atoms with Gasteiger partial charge in [-0.05, 0) is 37.9 Å². The van der Waals surface area contributed by atoms with Crippen molar-refractivity contribution in [2.75, 3.05) is 59.3 Å². The summed E-state index contributed by atoms with van der Waals surface area (Å²) in [6.45, 7) is 3.56. The van der Waals surface area contributed by atoms with E-state index >= 15 is 0 Å². The molecule has 216 valence electrons. The van der Waals surface area contributed by atoms with Crippen LogP contribution < -0.4 is 21.1 Å². The number of hydrogen-bond acceptors (Lipinski definition) is 10. The molecule has 1 fully saturated rings. The Labute approximate surface area is 232 Å². The zero-order valence-corrected chi connectivity index (χ0v) is 22.4. The molecule has 0 radical (unpaired) electrons. The summed E-state index contributed by atoms with van der Waals surface area (Å²) < 4.78 is 21.7. The second kappa shape index (κ2) is 16.8. The van der Waals surface area contributed by atoms with Gasteiger partial charge in [-0.15, -0.1) is 12.4 Å². The predicted molar refractivity (Wildman–Crippen MR) is 140 cm³/mol. The van der Waals surface area contributed by atoms with E-state index in [-0.39, 0.29) is 48.7 Å². The van der Waals surface area contributed by atoms with Gasteiger partial charge in [0.05, 0.1) is 37.6 Å². The zero-order chi connectivity index (χ0) is 27.3. The number of nitrogens with one attached hydrogen (secondary N) is 2. The molecule has 2 aliphatic heterocycles. The maximum atomic E-state index is 13.0. The predicted octanol–water partition coefficient (Wildman–Crippen LogP) is -0.207. The Morgan fingerprint density at radius 1 is 0.974 bits per heavy atom. The van der Waals surface area contributed by atoms with E-state index in [2.05, 4.69) is 10.6 Å². The minimum absolute atomic E-state index is 0. The van der Waals surface area contributed by atoms with Crippen molar-refractivity contribution in [2.24, 2.45) is 5.73 Å². The van der Waals surface area contributed by atoms with Crippen molar-refractivity contribution in [1.82, 2.24) is 15.5 Å². The van der Waals surface area contributed by atoms with Gasteiger partial charge in [0.25, 0.3) is 17.7 Å². The monoisotopic (exact) mass is 570 g/mol. The first-order valence-electron chi connectivity index (χ1n) is 12.6. The molecule has 0 aliphatic carbocycles. The number of imide groups is 2. The number of halogens is 1. The van der Waals surface area contributed by atoms with Crippen molar-refractivity contribution in [1.29, 1.82) is 0 Å². The van der Waals surface area contributed by atoms with Crippen molar-refractivity contribution in [3.63, 3.8) is 0 Å². The molecule has 0 aromatic heterocycles. The van der Waals surface area contributed by atoms with E-state index in [4.69, 9.17) is 24.7 Å². The number of carbonyl (C=O) groups is 5. The summed E-state index contributed by atoms with van der Waals surface area (Å²) >= 11 is 0. The molecular weight excluding hydrogens is 536 g/mol. The summed E-state index contributed by atoms with van der Waals surface area (Å²) in [6, 6.07) is 3.39. The van der Waals surface area contributed by atoms with E-state index < -0.39 is 35.6 Å². The average molecular weight is 571 g/mol. The van der Waals surface area contributed by atoms with Gasteiger partial charge in [0.2, 0.25) is 11.8 Å². The lowest BCUT2D eigenvalue weighted by molar-refractivity contribution is -0.136. The number of ether oxygens (including phenoxy) is 4. The Morgan fingerprint density at radius 2 is 1.64 bits per heavy atom. The van der Waals surface area contributed by atoms with Crippen LogP contribution in [0.1, 0.15) is 46.4 Å². The molecule has 2 aliphatic rings. The number of carbonyl (C=O) groups excluding carboxylic acids is 5. The van der Waals surface area contributed by atoms with E-state index in [1.807, 2.05) is 0 Å². The third-order valence-electron chi connectivity index (χ3n) is 5.81. The number of rotatable bonds is 17. The maximum absolute atomic E-state index is 13.0. The Morgan fingerprint density at radius 3 is 2.31 bits per heavy atom. The van der Waals surface area contributed by atoms with Gasteiger partial charge in [0.1, 0.15) is 11.8 Å². The van der Waals surface area contributed by atoms with Gasteiger partial charge < -0.3 is 30.0 Å². The number of hydrogen-bond donors (Lipinski definition) is 3. The van der Waals surface area contributed by atoms with Crippen LogP contribution in [0.3, 0.4) is 0 Å². The van der Waals surface area contributed by atoms with Gasteiger partial charge in [-0.3, -0.25) is 34.2 Å². The second-order valence-corrected chi connectivity index (χ2v) is 8.60. The van der Waals surface area contributed by atoms with Crippen LogP contribution in [0.4, 0.5) is 0 Å². The van der Waals surface area contributed by atoms with Gasteiger partial charge >= 0.3 is 0 Å². The Hall–Kier alpha value is -3.10. The highest BCUT2D eigenvalue weighted by Crippen LogP contribution is 2.33. The summed E-state index contributed by atoms with van der Waals surface area (Å²) in [5.74, 6) is -2.82. The van der Waals surface area contributed by atoms with Crippen LogP contribution in [0, 0.1) is 0 Å². The molecule has 14 heteroatoms. The lowest BCUT2D eigenvalue weighted by Gasteiger charge is -2.27. The van der Waals surface area contributed by atoms with Crippen molar-refractivity contribution in [3.8, 4) is 5.75 Å². The lowest BCUT2D eigenvalue weighted by Crippen LogP contribution is -2.54. The molecule has 2 heterocycles. The SMILES string of the molecule is Cl.NCCCOCCOCCOCCCNC(=O)COc1cccc2c1C(=O)N(C1CCC(=O)NC1=O)C2=O. The Bertz CT molecular complexity index is 1020. The fourth-order valence-corrected chi connectivity index (χ4v) is 3.93. The zero-order valence-electron chi connectivity index (χ0n) is 21.6. The van der Waals surface area contributed by atoms with E-state index in [0.29, 0.717) is 59.2 Å². The van der Waals surface area contributed by atoms with E-state index in [1.165, 1.54) is 18.2 Å². The molecular formula is C25H35ClN4O9. The largest absolute Gasteiger partial charge is 0.483 e. The average Bonchev–Trinajstić information content (AvgIpc) is 3.15. The molecule has 5 amide bonds. The van der Waals surface area contributed by atoms with Crippen molar-refractivity contribution < 1.29 is 42.9 Å². The Balaban J connectivity index is 0.00000533. The number of amides is 5. The second-order valence-electron chi connectivity index (χ2n) is 8.60. The van der Waals surface area contributed by atoms with Gasteiger partial charge in [-0.2, -0.15) is 0 Å². The molecule has 1 aromatic rings. The molecule has 0 bridgehead atoms. The first kappa shape index (κ1) is 32.1. The Kier molecular flexibility index (Phi) is 13.8. The highest BCUT2D eigenvalue weighted by Gasteiger charge is 2.46. The number of nitrogens with zero attached hydrogens (tertiary/aromatic N) is 1. The molecule has 1 saturated heterocycles. The fraction of sp³-hybridized carbons (Fsp3) is 0.560. The number of benzene rings is 1. The van der Waals surface area contributed by atoms with E-state index in [1.54, 1.807) is 0 Å². The normalized spacial score (nSPS) is 16.5. The first-order valence-corrected chi connectivity index (χ1v) is 12.6. The summed E-state index contributed by atoms with van der Waals surface area (Å²) in [5.41, 5.74) is 5.45. The molecule has 4 N–H and O–H groups in total. The van der Waals surface area contributed by atoms with Crippen LogP contribution in [0.15, 0.2) is 18.2 Å². The molecule has 39 heavy (non-hydrogen) atoms. The van der Waals surface area contributed by atoms with Crippen molar-refractivity contribution in [2.45, 2.75) is 31.7 Å². The van der Waals surface area contributed by atoms with Crippen LogP contribution in [0.5, 0.6) is 5.75 Å². The minimum atomic E-state index is -1.08.